The molecular weight excluding hydrogens is 174 g/mol. The van der Waals surface area contributed by atoms with Gasteiger partial charge in [-0.2, -0.15) is 0 Å². The van der Waals surface area contributed by atoms with Gasteiger partial charge in [-0.25, -0.2) is 4.85 Å². The number of allylic oxidation sites excluding steroid dienone is 1. The number of benzene rings is 1. The van der Waals surface area contributed by atoms with Crippen molar-refractivity contribution < 1.29 is 5.11 Å². The van der Waals surface area contributed by atoms with Gasteiger partial charge in [0.15, 0.2) is 5.70 Å². The molecule has 0 aliphatic rings. The van der Waals surface area contributed by atoms with Crippen molar-refractivity contribution in [3.05, 3.63) is 59.1 Å². The van der Waals surface area contributed by atoms with Crippen LogP contribution in [0.5, 0.6) is 0 Å². The molecule has 0 saturated heterocycles. The van der Waals surface area contributed by atoms with Crippen molar-refractivity contribution in [3.8, 4) is 0 Å². The minimum Gasteiger partial charge on any atom is -0.389 e. The van der Waals surface area contributed by atoms with Crippen LogP contribution in [0.25, 0.3) is 4.85 Å². The summed E-state index contributed by atoms with van der Waals surface area (Å²) >= 11 is 0. The zero-order valence-electron chi connectivity index (χ0n) is 8.14. The van der Waals surface area contributed by atoms with Crippen LogP contribution >= 0.6 is 0 Å². The number of hydrogen-bond donors (Lipinski definition) is 1. The molecule has 14 heavy (non-hydrogen) atoms. The largest absolute Gasteiger partial charge is 0.389 e. The van der Waals surface area contributed by atoms with E-state index in [1.807, 2.05) is 37.3 Å². The Morgan fingerprint density at radius 3 is 2.64 bits per heavy atom. The summed E-state index contributed by atoms with van der Waals surface area (Å²) in [7, 11) is 0. The fraction of sp³-hybridized carbons (Fsp3) is 0.250. The van der Waals surface area contributed by atoms with Crippen LogP contribution in [0, 0.1) is 6.57 Å². The fourth-order valence-corrected chi connectivity index (χ4v) is 1.22. The smallest absolute Gasteiger partial charge is 0.164 e. The monoisotopic (exact) mass is 187 g/mol. The number of rotatable bonds is 3. The first-order chi connectivity index (χ1) is 6.77. The second-order valence-electron chi connectivity index (χ2n) is 3.02. The van der Waals surface area contributed by atoms with Crippen LogP contribution in [0.15, 0.2) is 42.1 Å². The molecule has 0 spiro atoms. The van der Waals surface area contributed by atoms with Crippen molar-refractivity contribution >= 4 is 0 Å². The summed E-state index contributed by atoms with van der Waals surface area (Å²) in [4.78, 5) is 3.32. The van der Waals surface area contributed by atoms with E-state index in [1.54, 1.807) is 6.08 Å². The maximum absolute atomic E-state index is 9.77. The molecule has 0 bridgehead atoms. The van der Waals surface area contributed by atoms with Crippen LogP contribution in [0.1, 0.15) is 25.0 Å². The highest BCUT2D eigenvalue weighted by atomic mass is 16.3. The Morgan fingerprint density at radius 2 is 2.14 bits per heavy atom. The Morgan fingerprint density at radius 1 is 1.50 bits per heavy atom. The number of aliphatic hydroxyl groups excluding tert-OH is 1. The van der Waals surface area contributed by atoms with Gasteiger partial charge in [0.05, 0.1) is 12.7 Å². The van der Waals surface area contributed by atoms with Crippen LogP contribution in [0.4, 0.5) is 0 Å². The van der Waals surface area contributed by atoms with Crippen LogP contribution < -0.4 is 0 Å². The molecular formula is C12H13NO. The number of hydrogen-bond acceptors (Lipinski definition) is 1. The summed E-state index contributed by atoms with van der Waals surface area (Å²) in [6.45, 7) is 8.67. The van der Waals surface area contributed by atoms with Gasteiger partial charge in [-0.1, -0.05) is 43.3 Å². The van der Waals surface area contributed by atoms with Crippen LogP contribution in [-0.2, 0) is 0 Å². The van der Waals surface area contributed by atoms with Gasteiger partial charge >= 0.3 is 0 Å². The molecule has 1 rings (SSSR count). The van der Waals surface area contributed by atoms with Gasteiger partial charge in [0.2, 0.25) is 0 Å². The third kappa shape index (κ3) is 2.72. The molecule has 0 fully saturated rings. The van der Waals surface area contributed by atoms with Gasteiger partial charge in [-0.05, 0) is 5.56 Å². The van der Waals surface area contributed by atoms with E-state index < -0.39 is 6.10 Å². The molecule has 0 aliphatic carbocycles. The summed E-state index contributed by atoms with van der Waals surface area (Å²) in [6, 6.07) is 9.39. The summed E-state index contributed by atoms with van der Waals surface area (Å²) < 4.78 is 0. The van der Waals surface area contributed by atoms with Crippen LogP contribution in [0.3, 0.4) is 0 Å². The first-order valence-electron chi connectivity index (χ1n) is 4.53. The van der Waals surface area contributed by atoms with Gasteiger partial charge < -0.3 is 5.11 Å². The first kappa shape index (κ1) is 10.5. The Labute approximate surface area is 84.3 Å². The summed E-state index contributed by atoms with van der Waals surface area (Å²) in [5.41, 5.74) is 1.46. The number of nitrogens with zero attached hydrogens (tertiary/aromatic N) is 1. The topological polar surface area (TPSA) is 24.6 Å². The summed E-state index contributed by atoms with van der Waals surface area (Å²) in [6.07, 6.45) is 1.56. The minimum absolute atomic E-state index is 0.393. The second kappa shape index (κ2) is 5.21. The zero-order chi connectivity index (χ0) is 10.4. The molecule has 2 nitrogen and oxygen atoms in total. The minimum atomic E-state index is -0.573. The predicted molar refractivity (Wildman–Crippen MR) is 56.4 cm³/mol. The number of aliphatic hydroxyl groups is 1. The third-order valence-corrected chi connectivity index (χ3v) is 2.06. The predicted octanol–water partition coefficient (Wildman–Crippen LogP) is 2.93. The highest BCUT2D eigenvalue weighted by molar-refractivity contribution is 5.21. The lowest BCUT2D eigenvalue weighted by Gasteiger charge is -2.09. The third-order valence-electron chi connectivity index (χ3n) is 2.06. The van der Waals surface area contributed by atoms with Crippen molar-refractivity contribution in [1.82, 2.24) is 0 Å². The molecule has 1 aromatic carbocycles. The Bertz CT molecular complexity index is 348. The second-order valence-corrected chi connectivity index (χ2v) is 3.02. The average molecular weight is 187 g/mol. The Kier molecular flexibility index (Phi) is 3.90. The maximum Gasteiger partial charge on any atom is 0.164 e. The average Bonchev–Trinajstić information content (AvgIpc) is 2.26. The lowest BCUT2D eigenvalue weighted by atomic mass is 10.1. The van der Waals surface area contributed by atoms with E-state index in [9.17, 15) is 5.11 Å². The van der Waals surface area contributed by atoms with E-state index in [2.05, 4.69) is 4.85 Å². The molecule has 0 aromatic heterocycles. The lowest BCUT2D eigenvalue weighted by molar-refractivity contribution is 0.179. The van der Waals surface area contributed by atoms with Gasteiger partial charge in [-0.3, -0.25) is 0 Å². The van der Waals surface area contributed by atoms with E-state index in [0.717, 1.165) is 5.56 Å². The van der Waals surface area contributed by atoms with Crippen molar-refractivity contribution in [2.75, 3.05) is 0 Å². The molecule has 2 heteroatoms. The zero-order valence-corrected chi connectivity index (χ0v) is 8.14. The first-order valence-corrected chi connectivity index (χ1v) is 4.53. The van der Waals surface area contributed by atoms with Crippen molar-refractivity contribution in [1.29, 1.82) is 0 Å². The molecule has 1 unspecified atom stereocenters. The quantitative estimate of drug-likeness (QED) is 0.723. The van der Waals surface area contributed by atoms with Crippen molar-refractivity contribution in [2.45, 2.75) is 19.4 Å². The van der Waals surface area contributed by atoms with Gasteiger partial charge in [0.1, 0.15) is 0 Å². The highest BCUT2D eigenvalue weighted by Crippen LogP contribution is 2.20. The van der Waals surface area contributed by atoms with Crippen LogP contribution in [0.2, 0.25) is 0 Å². The van der Waals surface area contributed by atoms with Gasteiger partial charge in [0, 0.05) is 6.42 Å². The van der Waals surface area contributed by atoms with Crippen LogP contribution in [-0.4, -0.2) is 5.11 Å². The molecule has 1 aromatic rings. The van der Waals surface area contributed by atoms with Gasteiger partial charge in [-0.15, -0.1) is 0 Å². The SMILES string of the molecule is [C-]#[N+]/C(=C\C)CC(O)c1ccccc1. The molecule has 0 heterocycles. The van der Waals surface area contributed by atoms with E-state index in [0.29, 0.717) is 12.1 Å². The van der Waals surface area contributed by atoms with E-state index in [4.69, 9.17) is 6.57 Å². The molecule has 0 aliphatic heterocycles. The molecule has 0 radical (unpaired) electrons. The van der Waals surface area contributed by atoms with E-state index >= 15 is 0 Å². The lowest BCUT2D eigenvalue weighted by Crippen LogP contribution is -1.97. The molecule has 1 N–H and O–H groups in total. The van der Waals surface area contributed by atoms with E-state index in [-0.39, 0.29) is 0 Å². The highest BCUT2D eigenvalue weighted by Gasteiger charge is 2.08. The Balaban J connectivity index is 2.69. The molecule has 0 saturated carbocycles. The maximum atomic E-state index is 9.77. The Hall–Kier alpha value is -1.59. The molecule has 1 atom stereocenters. The fourth-order valence-electron chi connectivity index (χ4n) is 1.22. The summed E-state index contributed by atoms with van der Waals surface area (Å²) in [5, 5.41) is 9.77. The molecule has 72 valence electrons. The van der Waals surface area contributed by atoms with Crippen molar-refractivity contribution in [3.63, 3.8) is 0 Å². The van der Waals surface area contributed by atoms with Crippen molar-refractivity contribution in [2.24, 2.45) is 0 Å². The molecule has 0 amide bonds. The standard InChI is InChI=1S/C12H13NO/c1-3-11(13-2)9-12(14)10-7-5-4-6-8-10/h3-8,12,14H,9H2,1H3/b11-3-. The van der Waals surface area contributed by atoms with Gasteiger partial charge in [0.25, 0.3) is 0 Å². The van der Waals surface area contributed by atoms with E-state index in [1.165, 1.54) is 0 Å². The summed E-state index contributed by atoms with van der Waals surface area (Å²) in [5.74, 6) is 0. The normalized spacial score (nSPS) is 13.4.